The maximum atomic E-state index is 13.5. The lowest BCUT2D eigenvalue weighted by atomic mass is 9.85. The van der Waals surface area contributed by atoms with Gasteiger partial charge in [-0.2, -0.15) is 0 Å². The zero-order valence-corrected chi connectivity index (χ0v) is 19.9. The molecule has 3 heterocycles. The highest BCUT2D eigenvalue weighted by atomic mass is 35.5. The summed E-state index contributed by atoms with van der Waals surface area (Å²) in [6.45, 7) is 1.17. The molecule has 0 radical (unpaired) electrons. The Bertz CT molecular complexity index is 1120. The predicted molar refractivity (Wildman–Crippen MR) is 123 cm³/mol. The average Bonchev–Trinajstić information content (AvgIpc) is 3.45. The summed E-state index contributed by atoms with van der Waals surface area (Å²) in [4.78, 5) is 33.0. The van der Waals surface area contributed by atoms with E-state index in [1.165, 1.54) is 18.5 Å². The second-order valence-corrected chi connectivity index (χ2v) is 12.2. The molecule has 2 aliphatic rings. The maximum Gasteiger partial charge on any atom is 0.253 e. The summed E-state index contributed by atoms with van der Waals surface area (Å²) in [5.41, 5.74) is -0.528. The highest BCUT2D eigenvalue weighted by Gasteiger charge is 2.37. The third-order valence-electron chi connectivity index (χ3n) is 6.29. The smallest absolute Gasteiger partial charge is 0.253 e. The van der Waals surface area contributed by atoms with E-state index in [1.807, 2.05) is 0 Å². The predicted octanol–water partition coefficient (Wildman–Crippen LogP) is 3.74. The van der Waals surface area contributed by atoms with E-state index in [0.29, 0.717) is 41.9 Å². The first kappa shape index (κ1) is 23.4. The molecule has 1 saturated heterocycles. The molecule has 1 aliphatic carbocycles. The molecule has 11 heteroatoms. The lowest BCUT2D eigenvalue weighted by molar-refractivity contribution is -0.118. The Morgan fingerprint density at radius 3 is 2.66 bits per heavy atom. The Hall–Kier alpha value is -1.75. The van der Waals surface area contributed by atoms with Gasteiger partial charge in [-0.25, -0.2) is 13.4 Å². The first-order valence-electron chi connectivity index (χ1n) is 10.8. The van der Waals surface area contributed by atoms with Crippen molar-refractivity contribution in [3.05, 3.63) is 38.7 Å². The van der Waals surface area contributed by atoms with Crippen molar-refractivity contribution >= 4 is 43.8 Å². The van der Waals surface area contributed by atoms with E-state index in [2.05, 4.69) is 15.3 Å². The van der Waals surface area contributed by atoms with Gasteiger partial charge < -0.3 is 15.0 Å². The molecular weight excluding hydrogens is 474 g/mol. The number of carbonyl (C=O) groups excluding carboxylic acids is 1. The molecule has 1 saturated carbocycles. The number of amides is 1. The van der Waals surface area contributed by atoms with Crippen LogP contribution in [0, 0.1) is 5.92 Å². The second kappa shape index (κ2) is 10.0. The number of anilines is 1. The topological polar surface area (TPSA) is 118 Å². The minimum absolute atomic E-state index is 0.0195. The monoisotopic (exact) mass is 499 g/mol. The third kappa shape index (κ3) is 5.08. The van der Waals surface area contributed by atoms with Crippen molar-refractivity contribution in [3.63, 3.8) is 0 Å². The van der Waals surface area contributed by atoms with E-state index in [4.69, 9.17) is 16.3 Å². The number of pyridine rings is 1. The lowest BCUT2D eigenvalue weighted by Gasteiger charge is -2.27. The van der Waals surface area contributed by atoms with Crippen LogP contribution in [0.2, 0.25) is 4.34 Å². The van der Waals surface area contributed by atoms with Gasteiger partial charge in [-0.15, -0.1) is 0 Å². The standard InChI is InChI=1S/C21H26ClN3O5S2/c22-17-12-24-21(31-17)25-19(26)15(11-13-6-9-30-10-7-13)18-16(5-8-23-20(18)27)32(28,29)14-3-1-2-4-14/h5,8,12-15H,1-4,6-7,9-11H2,(H,23,27)(H,24,25,26)/t15-/m0/s1. The van der Waals surface area contributed by atoms with E-state index >= 15 is 0 Å². The summed E-state index contributed by atoms with van der Waals surface area (Å²) in [6, 6.07) is 1.43. The number of ether oxygens (including phenoxy) is 1. The Kier molecular flexibility index (Phi) is 7.34. The van der Waals surface area contributed by atoms with Crippen LogP contribution in [0.5, 0.6) is 0 Å². The molecule has 2 aromatic heterocycles. The van der Waals surface area contributed by atoms with Crippen LogP contribution < -0.4 is 10.9 Å². The fourth-order valence-corrected chi connectivity index (χ4v) is 7.53. The van der Waals surface area contributed by atoms with E-state index < -0.39 is 32.5 Å². The molecular formula is C21H26ClN3O5S2. The number of hydrogen-bond acceptors (Lipinski definition) is 7. The zero-order chi connectivity index (χ0) is 22.7. The molecule has 0 unspecified atom stereocenters. The molecule has 0 bridgehead atoms. The van der Waals surface area contributed by atoms with E-state index in [0.717, 1.165) is 37.0 Å². The van der Waals surface area contributed by atoms with Crippen LogP contribution in [-0.2, 0) is 19.4 Å². The fourth-order valence-electron chi connectivity index (χ4n) is 4.60. The van der Waals surface area contributed by atoms with Gasteiger partial charge in [-0.1, -0.05) is 35.8 Å². The summed E-state index contributed by atoms with van der Waals surface area (Å²) in [5, 5.41) is 2.52. The number of H-pyrrole nitrogens is 1. The number of carbonyl (C=O) groups is 1. The number of halogens is 1. The summed E-state index contributed by atoms with van der Waals surface area (Å²) >= 11 is 7.04. The van der Waals surface area contributed by atoms with Gasteiger partial charge in [0.05, 0.1) is 22.3 Å². The van der Waals surface area contributed by atoms with Gasteiger partial charge in [0.25, 0.3) is 5.56 Å². The van der Waals surface area contributed by atoms with Crippen LogP contribution >= 0.6 is 22.9 Å². The van der Waals surface area contributed by atoms with Gasteiger partial charge in [0.15, 0.2) is 15.0 Å². The van der Waals surface area contributed by atoms with Crippen LogP contribution in [0.4, 0.5) is 5.13 Å². The first-order chi connectivity index (χ1) is 15.4. The molecule has 0 spiro atoms. The first-order valence-corrected chi connectivity index (χ1v) is 13.6. The third-order valence-corrected chi connectivity index (χ3v) is 9.64. The SMILES string of the molecule is O=C(Nc1ncc(Cl)s1)[C@@H](CC1CCOCC1)c1c(S(=O)(=O)C2CCCC2)cc[nH]c1=O. The molecule has 32 heavy (non-hydrogen) atoms. The number of aromatic amines is 1. The quantitative estimate of drug-likeness (QED) is 0.599. The molecule has 2 fully saturated rings. The van der Waals surface area contributed by atoms with E-state index in [-0.39, 0.29) is 16.4 Å². The Morgan fingerprint density at radius 1 is 1.28 bits per heavy atom. The number of rotatable bonds is 7. The molecule has 1 aliphatic heterocycles. The lowest BCUT2D eigenvalue weighted by Crippen LogP contribution is -2.33. The van der Waals surface area contributed by atoms with Crippen LogP contribution in [0.1, 0.15) is 56.4 Å². The summed E-state index contributed by atoms with van der Waals surface area (Å²) < 4.78 is 32.8. The van der Waals surface area contributed by atoms with Crippen molar-refractivity contribution in [3.8, 4) is 0 Å². The number of aromatic nitrogens is 2. The van der Waals surface area contributed by atoms with E-state index in [1.54, 1.807) is 0 Å². The zero-order valence-electron chi connectivity index (χ0n) is 17.5. The van der Waals surface area contributed by atoms with Gasteiger partial charge in [-0.3, -0.25) is 9.59 Å². The van der Waals surface area contributed by atoms with Crippen molar-refractivity contribution in [1.82, 2.24) is 9.97 Å². The molecule has 174 valence electrons. The fraction of sp³-hybridized carbons (Fsp3) is 0.571. The van der Waals surface area contributed by atoms with Crippen LogP contribution in [-0.4, -0.2) is 42.8 Å². The molecule has 1 atom stereocenters. The highest BCUT2D eigenvalue weighted by Crippen LogP contribution is 2.36. The van der Waals surface area contributed by atoms with Crippen LogP contribution in [0.25, 0.3) is 0 Å². The normalized spacial score (nSPS) is 19.2. The molecule has 0 aromatic carbocycles. The molecule has 4 rings (SSSR count). The van der Waals surface area contributed by atoms with Crippen LogP contribution in [0.15, 0.2) is 28.2 Å². The minimum atomic E-state index is -3.74. The maximum absolute atomic E-state index is 13.5. The number of hydrogen-bond donors (Lipinski definition) is 2. The van der Waals surface area contributed by atoms with Crippen molar-refractivity contribution < 1.29 is 17.9 Å². The Balaban J connectivity index is 1.74. The van der Waals surface area contributed by atoms with Crippen molar-refractivity contribution in [2.45, 2.75) is 61.0 Å². The van der Waals surface area contributed by atoms with Gasteiger partial charge >= 0.3 is 0 Å². The van der Waals surface area contributed by atoms with E-state index in [9.17, 15) is 18.0 Å². The number of nitrogens with one attached hydrogen (secondary N) is 2. The summed E-state index contributed by atoms with van der Waals surface area (Å²) in [6.07, 6.45) is 7.47. The summed E-state index contributed by atoms with van der Waals surface area (Å²) in [7, 11) is -3.74. The van der Waals surface area contributed by atoms with Crippen LogP contribution in [0.3, 0.4) is 0 Å². The molecule has 8 nitrogen and oxygen atoms in total. The number of nitrogens with zero attached hydrogens (tertiary/aromatic N) is 1. The molecule has 2 N–H and O–H groups in total. The summed E-state index contributed by atoms with van der Waals surface area (Å²) in [5.74, 6) is -1.25. The largest absolute Gasteiger partial charge is 0.381 e. The molecule has 2 aromatic rings. The van der Waals surface area contributed by atoms with Gasteiger partial charge in [0.1, 0.15) is 4.34 Å². The molecule has 1 amide bonds. The van der Waals surface area contributed by atoms with Crippen molar-refractivity contribution in [2.24, 2.45) is 5.92 Å². The van der Waals surface area contributed by atoms with Gasteiger partial charge in [-0.05, 0) is 44.1 Å². The Morgan fingerprint density at radius 2 is 2.00 bits per heavy atom. The van der Waals surface area contributed by atoms with Gasteiger partial charge in [0, 0.05) is 25.0 Å². The second-order valence-electron chi connectivity index (χ2n) is 8.34. The Labute approximate surface area is 195 Å². The van der Waals surface area contributed by atoms with Gasteiger partial charge in [0.2, 0.25) is 5.91 Å². The van der Waals surface area contributed by atoms with Crippen molar-refractivity contribution in [1.29, 1.82) is 0 Å². The minimum Gasteiger partial charge on any atom is -0.381 e. The highest BCUT2D eigenvalue weighted by molar-refractivity contribution is 7.92. The average molecular weight is 500 g/mol. The number of sulfone groups is 1. The number of thiazole rings is 1. The van der Waals surface area contributed by atoms with Crippen molar-refractivity contribution in [2.75, 3.05) is 18.5 Å².